The average molecular weight is 423 g/mol. The summed E-state index contributed by atoms with van der Waals surface area (Å²) in [5.41, 5.74) is 4.60. The standard InChI is InChI=1S/C25H34N4O2/c1-4-21-10-7-8-12-23(21)26-24(30)18-27(3)25(31)19-29-15-13-28(14-16-29)17-22-11-6-5-9-20(22)2/h5-12H,4,13-19H2,1-3H3,(H,26,30). The minimum atomic E-state index is -0.167. The lowest BCUT2D eigenvalue weighted by molar-refractivity contribution is -0.134. The number of likely N-dealkylation sites (N-methyl/N-ethyl adjacent to an activating group) is 1. The number of aryl methyl sites for hydroxylation is 2. The lowest BCUT2D eigenvalue weighted by atomic mass is 10.1. The molecule has 6 nitrogen and oxygen atoms in total. The van der Waals surface area contributed by atoms with Crippen LogP contribution in [0, 0.1) is 6.92 Å². The fourth-order valence-electron chi connectivity index (χ4n) is 3.89. The second-order valence-electron chi connectivity index (χ2n) is 8.29. The number of anilines is 1. The Hall–Kier alpha value is -2.70. The molecule has 0 bridgehead atoms. The third kappa shape index (κ3) is 6.64. The van der Waals surface area contributed by atoms with E-state index in [9.17, 15) is 9.59 Å². The fourth-order valence-corrected chi connectivity index (χ4v) is 3.89. The van der Waals surface area contributed by atoms with Crippen molar-refractivity contribution in [3.05, 3.63) is 65.2 Å². The van der Waals surface area contributed by atoms with Gasteiger partial charge in [-0.15, -0.1) is 0 Å². The van der Waals surface area contributed by atoms with Gasteiger partial charge in [0.1, 0.15) is 0 Å². The zero-order valence-corrected chi connectivity index (χ0v) is 18.9. The van der Waals surface area contributed by atoms with Gasteiger partial charge in [0.25, 0.3) is 0 Å². The molecule has 2 amide bonds. The van der Waals surface area contributed by atoms with Crippen molar-refractivity contribution in [2.24, 2.45) is 0 Å². The molecule has 1 heterocycles. The van der Waals surface area contributed by atoms with Crippen LogP contribution in [-0.2, 0) is 22.6 Å². The van der Waals surface area contributed by atoms with Crippen LogP contribution in [0.25, 0.3) is 0 Å². The van der Waals surface area contributed by atoms with Crippen LogP contribution >= 0.6 is 0 Å². The maximum atomic E-state index is 12.6. The zero-order chi connectivity index (χ0) is 22.2. The van der Waals surface area contributed by atoms with Gasteiger partial charge >= 0.3 is 0 Å². The summed E-state index contributed by atoms with van der Waals surface area (Å²) in [5, 5.41) is 2.93. The fraction of sp³-hybridized carbons (Fsp3) is 0.440. The highest BCUT2D eigenvalue weighted by Gasteiger charge is 2.22. The molecule has 1 fully saturated rings. The first-order valence-electron chi connectivity index (χ1n) is 11.1. The summed E-state index contributed by atoms with van der Waals surface area (Å²) >= 11 is 0. The van der Waals surface area contributed by atoms with E-state index in [1.165, 1.54) is 16.0 Å². The SMILES string of the molecule is CCc1ccccc1NC(=O)CN(C)C(=O)CN1CCN(Cc2ccccc2C)CC1. The molecule has 1 N–H and O–H groups in total. The maximum absolute atomic E-state index is 12.6. The quantitative estimate of drug-likeness (QED) is 0.711. The molecular formula is C25H34N4O2. The predicted molar refractivity (Wildman–Crippen MR) is 125 cm³/mol. The third-order valence-electron chi connectivity index (χ3n) is 5.96. The molecule has 2 aromatic carbocycles. The van der Waals surface area contributed by atoms with Gasteiger partial charge in [-0.1, -0.05) is 49.4 Å². The van der Waals surface area contributed by atoms with Gasteiger partial charge in [-0.05, 0) is 36.1 Å². The van der Waals surface area contributed by atoms with Crippen LogP contribution < -0.4 is 5.32 Å². The first-order valence-corrected chi connectivity index (χ1v) is 11.1. The normalized spacial score (nSPS) is 14.9. The van der Waals surface area contributed by atoms with Crippen molar-refractivity contribution in [1.82, 2.24) is 14.7 Å². The summed E-state index contributed by atoms with van der Waals surface area (Å²) < 4.78 is 0. The monoisotopic (exact) mass is 422 g/mol. The van der Waals surface area contributed by atoms with E-state index in [4.69, 9.17) is 0 Å². The molecule has 0 atom stereocenters. The number of benzene rings is 2. The summed E-state index contributed by atoms with van der Waals surface area (Å²) in [6.45, 7) is 9.19. The van der Waals surface area contributed by atoms with Gasteiger partial charge in [-0.2, -0.15) is 0 Å². The first kappa shape index (κ1) is 23.0. The Kier molecular flexibility index (Phi) is 8.20. The van der Waals surface area contributed by atoms with Crippen molar-refractivity contribution < 1.29 is 9.59 Å². The van der Waals surface area contributed by atoms with E-state index in [1.807, 2.05) is 24.3 Å². The molecule has 0 spiro atoms. The smallest absolute Gasteiger partial charge is 0.243 e. The molecule has 31 heavy (non-hydrogen) atoms. The van der Waals surface area contributed by atoms with Gasteiger partial charge in [-0.3, -0.25) is 19.4 Å². The molecule has 2 aromatic rings. The molecule has 166 valence electrons. The molecule has 1 saturated heterocycles. The Morgan fingerprint density at radius 2 is 1.55 bits per heavy atom. The van der Waals surface area contributed by atoms with Crippen molar-refractivity contribution in [1.29, 1.82) is 0 Å². The molecule has 0 aliphatic carbocycles. The molecule has 6 heteroatoms. The van der Waals surface area contributed by atoms with Crippen LogP contribution in [0.5, 0.6) is 0 Å². The van der Waals surface area contributed by atoms with Gasteiger partial charge in [0.05, 0.1) is 13.1 Å². The van der Waals surface area contributed by atoms with E-state index in [0.717, 1.165) is 50.4 Å². The van der Waals surface area contributed by atoms with Crippen molar-refractivity contribution in [2.45, 2.75) is 26.8 Å². The Labute approximate surface area is 185 Å². The van der Waals surface area contributed by atoms with E-state index >= 15 is 0 Å². The highest BCUT2D eigenvalue weighted by atomic mass is 16.2. The summed E-state index contributed by atoms with van der Waals surface area (Å²) in [7, 11) is 1.70. The number of nitrogens with one attached hydrogen (secondary N) is 1. The van der Waals surface area contributed by atoms with Crippen molar-refractivity contribution in [3.8, 4) is 0 Å². The van der Waals surface area contributed by atoms with Gasteiger partial charge < -0.3 is 10.2 Å². The van der Waals surface area contributed by atoms with Gasteiger partial charge in [0.2, 0.25) is 11.8 Å². The van der Waals surface area contributed by atoms with Gasteiger partial charge in [-0.25, -0.2) is 0 Å². The zero-order valence-electron chi connectivity index (χ0n) is 18.9. The minimum Gasteiger partial charge on any atom is -0.335 e. The maximum Gasteiger partial charge on any atom is 0.243 e. The summed E-state index contributed by atoms with van der Waals surface area (Å²) in [5.74, 6) is -0.189. The molecular weight excluding hydrogens is 388 g/mol. The van der Waals surface area contributed by atoms with E-state index in [-0.39, 0.29) is 18.4 Å². The van der Waals surface area contributed by atoms with Crippen LogP contribution in [0.2, 0.25) is 0 Å². The lowest BCUT2D eigenvalue weighted by Crippen LogP contribution is -2.50. The summed E-state index contributed by atoms with van der Waals surface area (Å²) in [4.78, 5) is 31.2. The lowest BCUT2D eigenvalue weighted by Gasteiger charge is -2.35. The Morgan fingerprint density at radius 3 is 2.23 bits per heavy atom. The van der Waals surface area contributed by atoms with Crippen LogP contribution in [0.3, 0.4) is 0 Å². The van der Waals surface area contributed by atoms with E-state index < -0.39 is 0 Å². The molecule has 3 rings (SSSR count). The number of carbonyl (C=O) groups is 2. The summed E-state index contributed by atoms with van der Waals surface area (Å²) in [6, 6.07) is 16.3. The number of hydrogen-bond donors (Lipinski definition) is 1. The highest BCUT2D eigenvalue weighted by molar-refractivity contribution is 5.95. The minimum absolute atomic E-state index is 0.0220. The second-order valence-corrected chi connectivity index (χ2v) is 8.29. The number of rotatable bonds is 8. The Morgan fingerprint density at radius 1 is 0.935 bits per heavy atom. The number of piperazine rings is 1. The number of amides is 2. The molecule has 0 aromatic heterocycles. The highest BCUT2D eigenvalue weighted by Crippen LogP contribution is 2.15. The molecule has 0 radical (unpaired) electrons. The second kappa shape index (κ2) is 11.1. The predicted octanol–water partition coefficient (Wildman–Crippen LogP) is 2.77. The van der Waals surface area contributed by atoms with Crippen molar-refractivity contribution >= 4 is 17.5 Å². The molecule has 0 saturated carbocycles. The average Bonchev–Trinajstić information content (AvgIpc) is 2.77. The van der Waals surface area contributed by atoms with Crippen molar-refractivity contribution in [2.75, 3.05) is 51.6 Å². The number of hydrogen-bond acceptors (Lipinski definition) is 4. The molecule has 0 unspecified atom stereocenters. The van der Waals surface area contributed by atoms with Crippen LogP contribution in [0.1, 0.15) is 23.6 Å². The number of para-hydroxylation sites is 1. The van der Waals surface area contributed by atoms with Crippen molar-refractivity contribution in [3.63, 3.8) is 0 Å². The Balaban J connectivity index is 1.42. The number of nitrogens with zero attached hydrogens (tertiary/aromatic N) is 3. The Bertz CT molecular complexity index is 891. The van der Waals surface area contributed by atoms with E-state index in [0.29, 0.717) is 6.54 Å². The van der Waals surface area contributed by atoms with Gasteiger partial charge in [0.15, 0.2) is 0 Å². The van der Waals surface area contributed by atoms with E-state index in [1.54, 1.807) is 7.05 Å². The first-order chi connectivity index (χ1) is 15.0. The summed E-state index contributed by atoms with van der Waals surface area (Å²) in [6.07, 6.45) is 0.848. The third-order valence-corrected chi connectivity index (χ3v) is 5.96. The van der Waals surface area contributed by atoms with Crippen LogP contribution in [0.15, 0.2) is 48.5 Å². The largest absolute Gasteiger partial charge is 0.335 e. The van der Waals surface area contributed by atoms with Gasteiger partial charge in [0, 0.05) is 45.5 Å². The van der Waals surface area contributed by atoms with Crippen LogP contribution in [0.4, 0.5) is 5.69 Å². The number of carbonyl (C=O) groups excluding carboxylic acids is 2. The van der Waals surface area contributed by atoms with E-state index in [2.05, 4.69) is 53.2 Å². The molecule has 1 aliphatic heterocycles. The molecule has 1 aliphatic rings. The van der Waals surface area contributed by atoms with Crippen LogP contribution in [-0.4, -0.2) is 72.8 Å². The topological polar surface area (TPSA) is 55.9 Å².